The van der Waals surface area contributed by atoms with Gasteiger partial charge in [-0.2, -0.15) is 0 Å². The molecule has 18 heavy (non-hydrogen) atoms. The summed E-state index contributed by atoms with van der Waals surface area (Å²) in [5, 5.41) is 3.24. The lowest BCUT2D eigenvalue weighted by atomic mass is 9.81. The number of hydrogen-bond acceptors (Lipinski definition) is 2. The van der Waals surface area contributed by atoms with Gasteiger partial charge in [0.25, 0.3) is 0 Å². The van der Waals surface area contributed by atoms with Gasteiger partial charge in [0.05, 0.1) is 0 Å². The molecule has 0 aromatic rings. The summed E-state index contributed by atoms with van der Waals surface area (Å²) in [7, 11) is 0. The zero-order chi connectivity index (χ0) is 12.6. The fourth-order valence-electron chi connectivity index (χ4n) is 3.65. The average molecular weight is 250 g/mol. The van der Waals surface area contributed by atoms with Gasteiger partial charge < -0.3 is 11.1 Å². The summed E-state index contributed by atoms with van der Waals surface area (Å²) in [6.45, 7) is 1.74. The highest BCUT2D eigenvalue weighted by atomic mass is 16.1. The molecule has 3 aliphatic rings. The number of carbonyl (C=O) groups excluding carboxylic acids is 1. The first kappa shape index (κ1) is 12.5. The summed E-state index contributed by atoms with van der Waals surface area (Å²) in [6.07, 6.45) is 9.86. The normalized spacial score (nSPS) is 34.1. The van der Waals surface area contributed by atoms with E-state index in [-0.39, 0.29) is 5.92 Å². The Morgan fingerprint density at radius 2 is 1.78 bits per heavy atom. The van der Waals surface area contributed by atoms with E-state index in [0.717, 1.165) is 44.7 Å². The van der Waals surface area contributed by atoms with E-state index in [1.165, 1.54) is 25.7 Å². The maximum atomic E-state index is 12.2. The Hall–Kier alpha value is -0.570. The van der Waals surface area contributed by atoms with Crippen LogP contribution in [0.2, 0.25) is 0 Å². The molecule has 3 rings (SSSR count). The van der Waals surface area contributed by atoms with E-state index in [9.17, 15) is 4.79 Å². The molecule has 0 unspecified atom stereocenters. The summed E-state index contributed by atoms with van der Waals surface area (Å²) in [6, 6.07) is 0. The van der Waals surface area contributed by atoms with Crippen LogP contribution < -0.4 is 11.1 Å². The fourth-order valence-corrected chi connectivity index (χ4v) is 3.65. The molecule has 3 nitrogen and oxygen atoms in total. The monoisotopic (exact) mass is 250 g/mol. The molecule has 0 saturated heterocycles. The number of carbonyl (C=O) groups is 1. The van der Waals surface area contributed by atoms with Crippen LogP contribution in [-0.2, 0) is 4.79 Å². The van der Waals surface area contributed by atoms with Gasteiger partial charge in [0, 0.05) is 12.5 Å². The van der Waals surface area contributed by atoms with Crippen molar-refractivity contribution in [3.63, 3.8) is 0 Å². The molecule has 1 amide bonds. The standard InChI is InChI=1S/C15H26N2O/c16-9-11-1-3-12(4-2-11)14(18)17-10-15(7-8-15)13-5-6-13/h11-13H,1-10,16H2,(H,17,18). The molecule has 0 spiro atoms. The third kappa shape index (κ3) is 2.56. The molecule has 0 atom stereocenters. The summed E-state index contributed by atoms with van der Waals surface area (Å²) >= 11 is 0. The molecular weight excluding hydrogens is 224 g/mol. The summed E-state index contributed by atoms with van der Waals surface area (Å²) < 4.78 is 0. The first-order valence-corrected chi connectivity index (χ1v) is 7.71. The van der Waals surface area contributed by atoms with Crippen molar-refractivity contribution < 1.29 is 4.79 Å². The van der Waals surface area contributed by atoms with E-state index >= 15 is 0 Å². The Labute approximate surface area is 110 Å². The van der Waals surface area contributed by atoms with Gasteiger partial charge in [0.1, 0.15) is 0 Å². The minimum Gasteiger partial charge on any atom is -0.355 e. The van der Waals surface area contributed by atoms with Gasteiger partial charge in [-0.15, -0.1) is 0 Å². The third-order valence-corrected chi connectivity index (χ3v) is 5.50. The van der Waals surface area contributed by atoms with Crippen LogP contribution in [-0.4, -0.2) is 19.0 Å². The van der Waals surface area contributed by atoms with E-state index in [1.807, 2.05) is 0 Å². The van der Waals surface area contributed by atoms with Crippen LogP contribution in [0.3, 0.4) is 0 Å². The quantitative estimate of drug-likeness (QED) is 0.784. The summed E-state index contributed by atoms with van der Waals surface area (Å²) in [4.78, 5) is 12.2. The van der Waals surface area contributed by atoms with Gasteiger partial charge >= 0.3 is 0 Å². The summed E-state index contributed by atoms with van der Waals surface area (Å²) in [5.74, 6) is 2.18. The Balaban J connectivity index is 1.42. The minimum atomic E-state index is 0.266. The predicted molar refractivity (Wildman–Crippen MR) is 71.9 cm³/mol. The molecule has 0 aromatic carbocycles. The Bertz CT molecular complexity index is 312. The van der Waals surface area contributed by atoms with Crippen LogP contribution in [0.15, 0.2) is 0 Å². The highest BCUT2D eigenvalue weighted by molar-refractivity contribution is 5.78. The van der Waals surface area contributed by atoms with Crippen LogP contribution in [0, 0.1) is 23.2 Å². The van der Waals surface area contributed by atoms with Gasteiger partial charge in [0.15, 0.2) is 0 Å². The molecule has 0 bridgehead atoms. The van der Waals surface area contributed by atoms with Crippen molar-refractivity contribution in [2.45, 2.75) is 51.4 Å². The Morgan fingerprint density at radius 1 is 1.11 bits per heavy atom. The number of hydrogen-bond donors (Lipinski definition) is 2. The lowest BCUT2D eigenvalue weighted by molar-refractivity contribution is -0.126. The minimum absolute atomic E-state index is 0.266. The van der Waals surface area contributed by atoms with Crippen LogP contribution in [0.1, 0.15) is 51.4 Å². The second-order valence-corrected chi connectivity index (χ2v) is 6.81. The molecule has 3 saturated carbocycles. The van der Waals surface area contributed by atoms with Crippen molar-refractivity contribution in [3.8, 4) is 0 Å². The zero-order valence-corrected chi connectivity index (χ0v) is 11.3. The second-order valence-electron chi connectivity index (χ2n) is 6.81. The highest BCUT2D eigenvalue weighted by Crippen LogP contribution is 2.60. The van der Waals surface area contributed by atoms with Gasteiger partial charge in [-0.1, -0.05) is 0 Å². The third-order valence-electron chi connectivity index (χ3n) is 5.50. The first-order valence-electron chi connectivity index (χ1n) is 7.71. The van der Waals surface area contributed by atoms with Crippen molar-refractivity contribution in [1.29, 1.82) is 0 Å². The van der Waals surface area contributed by atoms with Gasteiger partial charge in [0.2, 0.25) is 5.91 Å². The molecule has 0 radical (unpaired) electrons. The number of amides is 1. The van der Waals surface area contributed by atoms with Crippen molar-refractivity contribution in [2.24, 2.45) is 28.9 Å². The molecule has 3 fully saturated rings. The van der Waals surface area contributed by atoms with Gasteiger partial charge in [-0.3, -0.25) is 4.79 Å². The highest BCUT2D eigenvalue weighted by Gasteiger charge is 2.53. The molecule has 0 heterocycles. The smallest absolute Gasteiger partial charge is 0.223 e. The fraction of sp³-hybridized carbons (Fsp3) is 0.933. The maximum absolute atomic E-state index is 12.2. The second kappa shape index (κ2) is 4.84. The van der Waals surface area contributed by atoms with Crippen molar-refractivity contribution in [3.05, 3.63) is 0 Å². The lowest BCUT2D eigenvalue weighted by Crippen LogP contribution is -2.37. The molecule has 102 valence electrons. The molecule has 0 aliphatic heterocycles. The molecule has 3 N–H and O–H groups in total. The zero-order valence-electron chi connectivity index (χ0n) is 11.3. The molecular formula is C15H26N2O. The Kier molecular flexibility index (Phi) is 3.35. The average Bonchev–Trinajstić information content (AvgIpc) is 3.28. The van der Waals surface area contributed by atoms with Gasteiger partial charge in [-0.25, -0.2) is 0 Å². The Morgan fingerprint density at radius 3 is 2.28 bits per heavy atom. The van der Waals surface area contributed by atoms with E-state index in [0.29, 0.717) is 17.2 Å². The SMILES string of the molecule is NCC1CCC(C(=O)NCC2(C3CC3)CC2)CC1. The van der Waals surface area contributed by atoms with Crippen LogP contribution in [0.5, 0.6) is 0 Å². The van der Waals surface area contributed by atoms with Gasteiger partial charge in [-0.05, 0) is 75.2 Å². The first-order chi connectivity index (χ1) is 8.73. The van der Waals surface area contributed by atoms with E-state index in [2.05, 4.69) is 5.32 Å². The van der Waals surface area contributed by atoms with E-state index in [4.69, 9.17) is 5.73 Å². The molecule has 3 heteroatoms. The lowest BCUT2D eigenvalue weighted by Gasteiger charge is -2.27. The molecule has 3 aliphatic carbocycles. The van der Waals surface area contributed by atoms with Crippen LogP contribution in [0.4, 0.5) is 0 Å². The van der Waals surface area contributed by atoms with Crippen molar-refractivity contribution in [2.75, 3.05) is 13.1 Å². The topological polar surface area (TPSA) is 55.1 Å². The molecule has 0 aromatic heterocycles. The van der Waals surface area contributed by atoms with Crippen LogP contribution in [0.25, 0.3) is 0 Å². The number of nitrogens with one attached hydrogen (secondary N) is 1. The predicted octanol–water partition coefficient (Wildman–Crippen LogP) is 2.06. The van der Waals surface area contributed by atoms with Crippen LogP contribution >= 0.6 is 0 Å². The largest absolute Gasteiger partial charge is 0.355 e. The maximum Gasteiger partial charge on any atom is 0.223 e. The number of rotatable bonds is 5. The number of nitrogens with two attached hydrogens (primary N) is 1. The van der Waals surface area contributed by atoms with Crippen molar-refractivity contribution in [1.82, 2.24) is 5.32 Å². The van der Waals surface area contributed by atoms with Crippen molar-refractivity contribution >= 4 is 5.91 Å². The summed E-state index contributed by atoms with van der Waals surface area (Å²) in [5.41, 5.74) is 6.22. The van der Waals surface area contributed by atoms with E-state index < -0.39 is 0 Å². The van der Waals surface area contributed by atoms with E-state index in [1.54, 1.807) is 0 Å².